The summed E-state index contributed by atoms with van der Waals surface area (Å²) in [5.41, 5.74) is 0. The standard InChI is InChI=1S/C58H82O6/c1-4-7-10-13-16-19-22-25-27-29-31-33-36-39-42-45-48-51-57(60)63-54-55(53-62-56(59)50-47-44-41-38-35-32-24-21-18-15-12-9-6-3)64-58(61)52-49-46-43-40-37-34-30-28-26-23-20-17-14-11-8-5-2/h7-13,15-22,24-29,31-37,43,46,55H,4-6,14,23,30,38-42,44-45,47-54H2,1-3H3/b10-7+,11-8+,12-9+,16-13+,18-15+,20-17+,22-19+,24-21+,27-25+,28-26+,31-29+,35-32+,36-33+,37-34+,46-43+. The molecule has 0 aliphatic carbocycles. The average Bonchev–Trinajstić information content (AvgIpc) is 3.29. The summed E-state index contributed by atoms with van der Waals surface area (Å²) in [7, 11) is 0. The Morgan fingerprint density at radius 2 is 0.672 bits per heavy atom. The van der Waals surface area contributed by atoms with Gasteiger partial charge in [-0.3, -0.25) is 14.4 Å². The largest absolute Gasteiger partial charge is 0.462 e. The molecule has 0 aromatic heterocycles. The first-order valence-electron chi connectivity index (χ1n) is 23.9. The lowest BCUT2D eigenvalue weighted by Crippen LogP contribution is -2.30. The Labute approximate surface area is 389 Å². The van der Waals surface area contributed by atoms with E-state index in [4.69, 9.17) is 14.2 Å². The van der Waals surface area contributed by atoms with Gasteiger partial charge in [0.15, 0.2) is 6.10 Å². The molecular formula is C58H82O6. The number of carbonyl (C=O) groups is 3. The fourth-order valence-electron chi connectivity index (χ4n) is 5.41. The second kappa shape index (κ2) is 50.2. The molecule has 0 bridgehead atoms. The van der Waals surface area contributed by atoms with Crippen molar-refractivity contribution in [1.29, 1.82) is 0 Å². The molecule has 0 aromatic carbocycles. The molecule has 6 heteroatoms. The van der Waals surface area contributed by atoms with Crippen molar-refractivity contribution in [1.82, 2.24) is 0 Å². The molecule has 6 nitrogen and oxygen atoms in total. The van der Waals surface area contributed by atoms with Crippen LogP contribution in [0.15, 0.2) is 182 Å². The molecule has 0 radical (unpaired) electrons. The van der Waals surface area contributed by atoms with Crippen LogP contribution < -0.4 is 0 Å². The van der Waals surface area contributed by atoms with E-state index in [2.05, 4.69) is 93.7 Å². The highest BCUT2D eigenvalue weighted by atomic mass is 16.6. The third kappa shape index (κ3) is 47.6. The maximum absolute atomic E-state index is 12.7. The lowest BCUT2D eigenvalue weighted by atomic mass is 10.1. The van der Waals surface area contributed by atoms with Gasteiger partial charge in [0, 0.05) is 19.3 Å². The van der Waals surface area contributed by atoms with Crippen LogP contribution in [-0.2, 0) is 28.6 Å². The smallest absolute Gasteiger partial charge is 0.306 e. The Kier molecular flexibility index (Phi) is 45.9. The summed E-state index contributed by atoms with van der Waals surface area (Å²) in [5, 5.41) is 0. The van der Waals surface area contributed by atoms with Gasteiger partial charge in [-0.05, 0) is 89.9 Å². The van der Waals surface area contributed by atoms with Gasteiger partial charge in [-0.25, -0.2) is 0 Å². The number of ether oxygens (including phenoxy) is 3. The Hall–Kier alpha value is -5.49. The monoisotopic (exact) mass is 875 g/mol. The predicted octanol–water partition coefficient (Wildman–Crippen LogP) is 15.8. The molecule has 0 spiro atoms. The summed E-state index contributed by atoms with van der Waals surface area (Å²) in [6, 6.07) is 0. The molecule has 0 rings (SSSR count). The zero-order valence-corrected chi connectivity index (χ0v) is 39.7. The van der Waals surface area contributed by atoms with Crippen LogP contribution in [0.4, 0.5) is 0 Å². The molecule has 0 fully saturated rings. The lowest BCUT2D eigenvalue weighted by molar-refractivity contribution is -0.166. The molecule has 1 unspecified atom stereocenters. The van der Waals surface area contributed by atoms with E-state index >= 15 is 0 Å². The van der Waals surface area contributed by atoms with Gasteiger partial charge in [-0.15, -0.1) is 0 Å². The van der Waals surface area contributed by atoms with E-state index in [9.17, 15) is 14.4 Å². The van der Waals surface area contributed by atoms with E-state index in [0.29, 0.717) is 19.3 Å². The molecule has 350 valence electrons. The molecule has 0 saturated carbocycles. The first-order valence-corrected chi connectivity index (χ1v) is 23.9. The molecular weight excluding hydrogens is 793 g/mol. The highest BCUT2D eigenvalue weighted by Crippen LogP contribution is 2.09. The molecule has 0 aliphatic rings. The Balaban J connectivity index is 4.71. The molecule has 0 aromatic rings. The topological polar surface area (TPSA) is 78.9 Å². The summed E-state index contributed by atoms with van der Waals surface area (Å²) in [4.78, 5) is 37.9. The first kappa shape index (κ1) is 58.5. The number of rotatable bonds is 39. The Morgan fingerprint density at radius 3 is 1.06 bits per heavy atom. The van der Waals surface area contributed by atoms with Gasteiger partial charge in [-0.2, -0.15) is 0 Å². The fourth-order valence-corrected chi connectivity index (χ4v) is 5.41. The van der Waals surface area contributed by atoms with E-state index in [-0.39, 0.29) is 44.4 Å². The van der Waals surface area contributed by atoms with Crippen molar-refractivity contribution >= 4 is 17.9 Å². The zero-order chi connectivity index (χ0) is 46.5. The number of hydrogen-bond donors (Lipinski definition) is 0. The quantitative estimate of drug-likeness (QED) is 0.0201. The summed E-state index contributed by atoms with van der Waals surface area (Å²) in [6.07, 6.45) is 76.0. The highest BCUT2D eigenvalue weighted by molar-refractivity contribution is 5.71. The Bertz CT molecular complexity index is 1610. The van der Waals surface area contributed by atoms with Crippen LogP contribution >= 0.6 is 0 Å². The van der Waals surface area contributed by atoms with Gasteiger partial charge in [0.05, 0.1) is 0 Å². The highest BCUT2D eigenvalue weighted by Gasteiger charge is 2.19. The van der Waals surface area contributed by atoms with Crippen molar-refractivity contribution in [3.63, 3.8) is 0 Å². The minimum Gasteiger partial charge on any atom is -0.462 e. The molecule has 1 atom stereocenters. The number of allylic oxidation sites excluding steroid dienone is 30. The summed E-state index contributed by atoms with van der Waals surface area (Å²) in [6.45, 7) is 6.05. The summed E-state index contributed by atoms with van der Waals surface area (Å²) < 4.78 is 16.6. The van der Waals surface area contributed by atoms with Gasteiger partial charge < -0.3 is 14.2 Å². The number of hydrogen-bond acceptors (Lipinski definition) is 6. The maximum Gasteiger partial charge on any atom is 0.306 e. The van der Waals surface area contributed by atoms with E-state index < -0.39 is 12.1 Å². The normalized spacial score (nSPS) is 13.7. The average molecular weight is 875 g/mol. The van der Waals surface area contributed by atoms with Crippen LogP contribution in [0.3, 0.4) is 0 Å². The van der Waals surface area contributed by atoms with E-state index in [1.165, 1.54) is 0 Å². The van der Waals surface area contributed by atoms with Crippen molar-refractivity contribution in [2.45, 2.75) is 149 Å². The third-order valence-corrected chi connectivity index (χ3v) is 8.91. The van der Waals surface area contributed by atoms with Crippen molar-refractivity contribution in [3.05, 3.63) is 182 Å². The van der Waals surface area contributed by atoms with Crippen molar-refractivity contribution < 1.29 is 28.6 Å². The third-order valence-electron chi connectivity index (χ3n) is 8.91. The minimum atomic E-state index is -0.863. The fraction of sp³-hybridized carbons (Fsp3) is 0.431. The molecule has 0 heterocycles. The van der Waals surface area contributed by atoms with Crippen LogP contribution in [0.2, 0.25) is 0 Å². The van der Waals surface area contributed by atoms with E-state index in [1.54, 1.807) is 0 Å². The molecule has 0 amide bonds. The molecule has 0 N–H and O–H groups in total. The van der Waals surface area contributed by atoms with Gasteiger partial charge in [0.1, 0.15) is 13.2 Å². The maximum atomic E-state index is 12.7. The molecule has 64 heavy (non-hydrogen) atoms. The molecule has 0 aliphatic heterocycles. The predicted molar refractivity (Wildman–Crippen MR) is 274 cm³/mol. The van der Waals surface area contributed by atoms with Crippen LogP contribution in [0.5, 0.6) is 0 Å². The van der Waals surface area contributed by atoms with Gasteiger partial charge in [-0.1, -0.05) is 216 Å². The second-order valence-electron chi connectivity index (χ2n) is 14.8. The van der Waals surface area contributed by atoms with Crippen molar-refractivity contribution in [3.8, 4) is 0 Å². The van der Waals surface area contributed by atoms with Crippen molar-refractivity contribution in [2.24, 2.45) is 0 Å². The summed E-state index contributed by atoms with van der Waals surface area (Å²) in [5.74, 6) is -1.14. The van der Waals surface area contributed by atoms with Gasteiger partial charge >= 0.3 is 17.9 Å². The minimum absolute atomic E-state index is 0.154. The van der Waals surface area contributed by atoms with Gasteiger partial charge in [0.2, 0.25) is 0 Å². The van der Waals surface area contributed by atoms with E-state index in [1.807, 2.05) is 109 Å². The second-order valence-corrected chi connectivity index (χ2v) is 14.8. The van der Waals surface area contributed by atoms with Crippen LogP contribution in [0, 0.1) is 0 Å². The molecule has 0 saturated heterocycles. The van der Waals surface area contributed by atoms with Gasteiger partial charge in [0.25, 0.3) is 0 Å². The first-order chi connectivity index (χ1) is 31.5. The SMILES string of the molecule is CC/C=C/C=C/C=C/C=C/C=C/C=C/CCCCCC(=O)OCC(COC(=O)CCCCC/C=C/C=C/C=C/C=C/CC)OC(=O)CC/C=C/C/C=C/C/C=C/C/C=C/C/C=C/CC. The zero-order valence-electron chi connectivity index (χ0n) is 39.7. The van der Waals surface area contributed by atoms with E-state index in [0.717, 1.165) is 83.5 Å². The lowest BCUT2D eigenvalue weighted by Gasteiger charge is -2.18. The van der Waals surface area contributed by atoms with Crippen molar-refractivity contribution in [2.75, 3.05) is 13.2 Å². The van der Waals surface area contributed by atoms with Crippen LogP contribution in [0.1, 0.15) is 143 Å². The van der Waals surface area contributed by atoms with Crippen LogP contribution in [-0.4, -0.2) is 37.2 Å². The summed E-state index contributed by atoms with van der Waals surface area (Å²) >= 11 is 0. The van der Waals surface area contributed by atoms with Crippen LogP contribution in [0.25, 0.3) is 0 Å². The number of unbranched alkanes of at least 4 members (excludes halogenated alkanes) is 6. The number of carbonyl (C=O) groups excluding carboxylic acids is 3. The number of esters is 3. The Morgan fingerprint density at radius 1 is 0.328 bits per heavy atom.